The highest BCUT2D eigenvalue weighted by molar-refractivity contribution is 7.92. The number of hydrogen-bond acceptors (Lipinski definition) is 4. The number of carbonyl (C=O) groups is 1. The first-order valence-corrected chi connectivity index (χ1v) is 6.14. The maximum Gasteiger partial charge on any atom is 0.272 e. The topological polar surface area (TPSA) is 62.2 Å². The Kier molecular flexibility index (Phi) is 3.48. The first-order chi connectivity index (χ1) is 8.76. The van der Waals surface area contributed by atoms with Crippen molar-refractivity contribution in [2.45, 2.75) is 31.3 Å². The average Bonchev–Trinajstić information content (AvgIpc) is 2.64. The molecule has 1 aromatic heterocycles. The highest BCUT2D eigenvalue weighted by atomic mass is 32.2. The zero-order chi connectivity index (χ0) is 14.3. The molecule has 0 radical (unpaired) electrons. The summed E-state index contributed by atoms with van der Waals surface area (Å²) in [6.45, 7) is 0.740. The third kappa shape index (κ3) is 2.69. The van der Waals surface area contributed by atoms with Crippen LogP contribution in [0.25, 0.3) is 0 Å². The first kappa shape index (κ1) is 14.1. The second kappa shape index (κ2) is 4.68. The number of hydrogen-bond donors (Lipinski definition) is 2. The highest BCUT2D eigenvalue weighted by Crippen LogP contribution is 2.34. The molecule has 2 rings (SSSR count). The number of nitrogens with one attached hydrogen (secondary N) is 1. The Morgan fingerprint density at radius 2 is 2.26 bits per heavy atom. The number of aliphatic hydroxyl groups is 1. The van der Waals surface area contributed by atoms with Gasteiger partial charge in [-0.15, -0.1) is 3.89 Å². The molecule has 0 bridgehead atoms. The maximum atomic E-state index is 13.2. The maximum absolute atomic E-state index is 13.2. The third-order valence-corrected chi connectivity index (χ3v) is 3.33. The van der Waals surface area contributed by atoms with Crippen molar-refractivity contribution in [2.75, 3.05) is 0 Å². The van der Waals surface area contributed by atoms with Crippen molar-refractivity contribution in [3.05, 3.63) is 29.1 Å². The molecule has 2 N–H and O–H groups in total. The van der Waals surface area contributed by atoms with Gasteiger partial charge in [-0.25, -0.2) is 8.78 Å². The van der Waals surface area contributed by atoms with Crippen LogP contribution in [-0.2, 0) is 23.6 Å². The van der Waals surface area contributed by atoms with Gasteiger partial charge in [-0.1, -0.05) is 0 Å². The Morgan fingerprint density at radius 3 is 2.84 bits per heavy atom. The van der Waals surface area contributed by atoms with Crippen molar-refractivity contribution in [1.82, 2.24) is 9.71 Å². The van der Waals surface area contributed by atoms with Crippen molar-refractivity contribution < 1.29 is 22.6 Å². The summed E-state index contributed by atoms with van der Waals surface area (Å²) in [5.41, 5.74) is -1.37. The summed E-state index contributed by atoms with van der Waals surface area (Å²) in [6.07, 6.45) is 0.738. The van der Waals surface area contributed by atoms with Gasteiger partial charge in [0.25, 0.3) is 11.8 Å². The van der Waals surface area contributed by atoms with E-state index in [4.69, 9.17) is 0 Å². The first-order valence-electron chi connectivity index (χ1n) is 5.43. The van der Waals surface area contributed by atoms with Gasteiger partial charge in [0.15, 0.2) is 17.9 Å². The van der Waals surface area contributed by atoms with Gasteiger partial charge < -0.3 is 5.11 Å². The minimum atomic E-state index is -3.04. The second-order valence-electron chi connectivity index (χ2n) is 4.61. The van der Waals surface area contributed by atoms with E-state index in [-0.39, 0.29) is 18.4 Å². The van der Waals surface area contributed by atoms with Gasteiger partial charge in [-0.2, -0.15) is 0 Å². The number of amides is 1. The van der Waals surface area contributed by atoms with Crippen molar-refractivity contribution in [3.8, 4) is 0 Å². The number of carbonyl (C=O) groups excluding carboxylic acids is 1. The largest absolute Gasteiger partial charge is 0.379 e. The zero-order valence-corrected chi connectivity index (χ0v) is 10.7. The standard InChI is InChI=1S/C11H11F3N2O2S/c1-10(12,13)7-2-6-3-11(18,9(17)16-19-14)4-8(6)15-5-7/h2,5,18H,3-4H2,1H3,(H,16,17). The number of alkyl halides is 2. The van der Waals surface area contributed by atoms with Crippen LogP contribution in [0.1, 0.15) is 23.7 Å². The highest BCUT2D eigenvalue weighted by Gasteiger charge is 2.43. The van der Waals surface area contributed by atoms with Gasteiger partial charge in [0, 0.05) is 37.2 Å². The lowest BCUT2D eigenvalue weighted by molar-refractivity contribution is -0.136. The van der Waals surface area contributed by atoms with Gasteiger partial charge in [-0.3, -0.25) is 14.5 Å². The normalized spacial score (nSPS) is 22.2. The summed E-state index contributed by atoms with van der Waals surface area (Å²) in [7, 11) is 0. The van der Waals surface area contributed by atoms with Gasteiger partial charge in [0.05, 0.1) is 0 Å². The summed E-state index contributed by atoms with van der Waals surface area (Å²) in [5.74, 6) is -3.94. The van der Waals surface area contributed by atoms with Crippen LogP contribution in [0.4, 0.5) is 12.7 Å². The van der Waals surface area contributed by atoms with Crippen LogP contribution in [0, 0.1) is 0 Å². The zero-order valence-electron chi connectivity index (χ0n) is 9.91. The molecule has 1 aromatic rings. The summed E-state index contributed by atoms with van der Waals surface area (Å²) in [4.78, 5) is 15.4. The minimum Gasteiger partial charge on any atom is -0.379 e. The summed E-state index contributed by atoms with van der Waals surface area (Å²) < 4.78 is 40.1. The number of pyridine rings is 1. The molecule has 4 nitrogen and oxygen atoms in total. The van der Waals surface area contributed by atoms with E-state index < -0.39 is 29.8 Å². The molecule has 1 atom stereocenters. The summed E-state index contributed by atoms with van der Waals surface area (Å²) >= 11 is -0.419. The molecule has 19 heavy (non-hydrogen) atoms. The lowest BCUT2D eigenvalue weighted by Crippen LogP contribution is -2.45. The van der Waals surface area contributed by atoms with Crippen LogP contribution >= 0.6 is 12.3 Å². The van der Waals surface area contributed by atoms with Crippen LogP contribution in [0.15, 0.2) is 12.3 Å². The summed E-state index contributed by atoms with van der Waals surface area (Å²) in [6, 6.07) is 1.22. The minimum absolute atomic E-state index is 0.121. The molecule has 1 unspecified atom stereocenters. The van der Waals surface area contributed by atoms with E-state index >= 15 is 0 Å². The van der Waals surface area contributed by atoms with E-state index in [9.17, 15) is 22.6 Å². The molecule has 0 spiro atoms. The van der Waals surface area contributed by atoms with Gasteiger partial charge in [0.1, 0.15) is 0 Å². The molecule has 0 saturated heterocycles. The Bertz CT molecular complexity index is 521. The molecule has 0 aromatic carbocycles. The van der Waals surface area contributed by atoms with Gasteiger partial charge in [-0.05, 0) is 11.6 Å². The third-order valence-electron chi connectivity index (χ3n) is 3.06. The van der Waals surface area contributed by atoms with Crippen molar-refractivity contribution in [3.63, 3.8) is 0 Å². The number of rotatable bonds is 3. The van der Waals surface area contributed by atoms with E-state index in [1.807, 2.05) is 0 Å². The Hall–Kier alpha value is -1.28. The SMILES string of the molecule is CC(F)(F)c1cnc2c(c1)CC(O)(C(=O)NSF)C2. The van der Waals surface area contributed by atoms with E-state index in [1.54, 1.807) is 4.72 Å². The molecular formula is C11H11F3N2O2S. The Morgan fingerprint density at radius 1 is 1.58 bits per heavy atom. The average molecular weight is 292 g/mol. The van der Waals surface area contributed by atoms with Crippen LogP contribution in [0.2, 0.25) is 0 Å². The quantitative estimate of drug-likeness (QED) is 0.832. The van der Waals surface area contributed by atoms with Crippen molar-refractivity contribution in [1.29, 1.82) is 0 Å². The second-order valence-corrected chi connectivity index (χ2v) is 4.97. The molecule has 0 fully saturated rings. The molecule has 1 aliphatic carbocycles. The van der Waals surface area contributed by atoms with Crippen LogP contribution in [0.3, 0.4) is 0 Å². The Labute approximate surface area is 111 Å². The number of fused-ring (bicyclic) bond motifs is 1. The van der Waals surface area contributed by atoms with Crippen molar-refractivity contribution >= 4 is 18.2 Å². The van der Waals surface area contributed by atoms with E-state index in [2.05, 4.69) is 4.98 Å². The van der Waals surface area contributed by atoms with E-state index in [1.165, 1.54) is 6.07 Å². The lowest BCUT2D eigenvalue weighted by atomic mass is 10.00. The molecule has 1 aliphatic rings. The molecule has 0 saturated carbocycles. The molecule has 1 heterocycles. The van der Waals surface area contributed by atoms with Crippen molar-refractivity contribution in [2.24, 2.45) is 0 Å². The van der Waals surface area contributed by atoms with E-state index in [0.29, 0.717) is 11.3 Å². The Balaban J connectivity index is 2.28. The molecule has 1 amide bonds. The lowest BCUT2D eigenvalue weighted by Gasteiger charge is -2.18. The van der Waals surface area contributed by atoms with E-state index in [0.717, 1.165) is 13.1 Å². The fraction of sp³-hybridized carbons (Fsp3) is 0.455. The molecule has 104 valence electrons. The monoisotopic (exact) mass is 292 g/mol. The number of aromatic nitrogens is 1. The summed E-state index contributed by atoms with van der Waals surface area (Å²) in [5, 5.41) is 10.1. The van der Waals surface area contributed by atoms with Crippen LogP contribution < -0.4 is 4.72 Å². The van der Waals surface area contributed by atoms with Crippen LogP contribution in [-0.4, -0.2) is 21.6 Å². The number of nitrogens with zero attached hydrogens (tertiary/aromatic N) is 1. The predicted octanol–water partition coefficient (Wildman–Crippen LogP) is 1.67. The molecule has 8 heteroatoms. The van der Waals surface area contributed by atoms with Crippen LogP contribution in [0.5, 0.6) is 0 Å². The smallest absolute Gasteiger partial charge is 0.272 e. The van der Waals surface area contributed by atoms with Gasteiger partial charge in [0.2, 0.25) is 0 Å². The predicted molar refractivity (Wildman–Crippen MR) is 63.0 cm³/mol. The molecular weight excluding hydrogens is 281 g/mol. The fourth-order valence-corrected chi connectivity index (χ4v) is 2.30. The molecule has 0 aliphatic heterocycles. The fourth-order valence-electron chi connectivity index (χ4n) is 2.04. The van der Waals surface area contributed by atoms with Gasteiger partial charge >= 0.3 is 0 Å². The number of halogens is 3.